The van der Waals surface area contributed by atoms with E-state index < -0.39 is 0 Å². The van der Waals surface area contributed by atoms with E-state index in [9.17, 15) is 4.79 Å². The van der Waals surface area contributed by atoms with Crippen molar-refractivity contribution in [3.05, 3.63) is 38.9 Å². The maximum Gasteiger partial charge on any atom is 0.250 e. The number of aromatic nitrogens is 3. The molecule has 0 atom stereocenters. The zero-order valence-electron chi connectivity index (χ0n) is 9.89. The van der Waals surface area contributed by atoms with Gasteiger partial charge in [-0.1, -0.05) is 11.4 Å². The van der Waals surface area contributed by atoms with Gasteiger partial charge in [0.2, 0.25) is 0 Å². The second-order valence-corrected chi connectivity index (χ2v) is 5.46. The van der Waals surface area contributed by atoms with Gasteiger partial charge in [0.25, 0.3) is 5.56 Å². The summed E-state index contributed by atoms with van der Waals surface area (Å²) in [5, 5.41) is 8.26. The zero-order chi connectivity index (χ0) is 13.0. The van der Waals surface area contributed by atoms with Crippen molar-refractivity contribution in [2.24, 2.45) is 0 Å². The number of pyridine rings is 1. The molecule has 5 nitrogen and oxygen atoms in total. The van der Waals surface area contributed by atoms with Gasteiger partial charge in [-0.25, -0.2) is 0 Å². The molecule has 2 aromatic rings. The first-order chi connectivity index (χ1) is 8.70. The SMILES string of the molecule is CCCNc1snnc1Cn1cc(Br)ccc1=O. The van der Waals surface area contributed by atoms with Gasteiger partial charge in [0.15, 0.2) is 0 Å². The molecule has 2 heterocycles. The Labute approximate surface area is 117 Å². The summed E-state index contributed by atoms with van der Waals surface area (Å²) in [6.45, 7) is 3.41. The highest BCUT2D eigenvalue weighted by Gasteiger charge is 2.08. The maximum absolute atomic E-state index is 11.7. The van der Waals surface area contributed by atoms with Crippen LogP contribution in [0.1, 0.15) is 19.0 Å². The van der Waals surface area contributed by atoms with Crippen LogP contribution in [0.15, 0.2) is 27.6 Å². The largest absolute Gasteiger partial charge is 0.374 e. The summed E-state index contributed by atoms with van der Waals surface area (Å²) < 4.78 is 6.40. The third-order valence-corrected chi connectivity index (χ3v) is 3.55. The molecule has 1 N–H and O–H groups in total. The Balaban J connectivity index is 2.20. The van der Waals surface area contributed by atoms with Crippen LogP contribution in [0, 0.1) is 0 Å². The van der Waals surface area contributed by atoms with Gasteiger partial charge in [-0.15, -0.1) is 5.10 Å². The quantitative estimate of drug-likeness (QED) is 0.915. The minimum atomic E-state index is -0.0485. The Bertz CT molecular complexity index is 580. The summed E-state index contributed by atoms with van der Waals surface area (Å²) in [6, 6.07) is 3.26. The normalized spacial score (nSPS) is 10.6. The van der Waals surface area contributed by atoms with Gasteiger partial charge in [-0.3, -0.25) is 4.79 Å². The van der Waals surface area contributed by atoms with E-state index in [4.69, 9.17) is 0 Å². The fourth-order valence-electron chi connectivity index (χ4n) is 1.47. The number of hydrogen-bond donors (Lipinski definition) is 1. The minimum absolute atomic E-state index is 0.0485. The molecule has 0 spiro atoms. The van der Waals surface area contributed by atoms with Crippen LogP contribution in [-0.2, 0) is 6.54 Å². The van der Waals surface area contributed by atoms with Crippen LogP contribution >= 0.6 is 27.5 Å². The van der Waals surface area contributed by atoms with Crippen LogP contribution in [0.5, 0.6) is 0 Å². The van der Waals surface area contributed by atoms with Crippen molar-refractivity contribution < 1.29 is 0 Å². The number of anilines is 1. The molecule has 0 unspecified atom stereocenters. The second kappa shape index (κ2) is 6.10. The second-order valence-electron chi connectivity index (χ2n) is 3.79. The van der Waals surface area contributed by atoms with Gasteiger partial charge in [0.05, 0.1) is 6.54 Å². The van der Waals surface area contributed by atoms with Gasteiger partial charge in [-0.05, 0) is 28.4 Å². The molecule has 7 heteroatoms. The fourth-order valence-corrected chi connectivity index (χ4v) is 2.45. The number of hydrogen-bond acceptors (Lipinski definition) is 5. The van der Waals surface area contributed by atoms with Crippen molar-refractivity contribution in [1.82, 2.24) is 14.2 Å². The summed E-state index contributed by atoms with van der Waals surface area (Å²) in [5.41, 5.74) is 0.751. The first kappa shape index (κ1) is 13.2. The highest BCUT2D eigenvalue weighted by atomic mass is 79.9. The Hall–Kier alpha value is -1.21. The van der Waals surface area contributed by atoms with Gasteiger partial charge in [0, 0.05) is 34.8 Å². The first-order valence-electron chi connectivity index (χ1n) is 5.62. The first-order valence-corrected chi connectivity index (χ1v) is 7.18. The highest BCUT2D eigenvalue weighted by molar-refractivity contribution is 9.10. The van der Waals surface area contributed by atoms with Crippen molar-refractivity contribution in [2.45, 2.75) is 19.9 Å². The highest BCUT2D eigenvalue weighted by Crippen LogP contribution is 2.18. The van der Waals surface area contributed by atoms with E-state index in [1.165, 1.54) is 17.6 Å². The summed E-state index contributed by atoms with van der Waals surface area (Å²) in [4.78, 5) is 11.7. The van der Waals surface area contributed by atoms with Crippen LogP contribution in [0.2, 0.25) is 0 Å². The van der Waals surface area contributed by atoms with Crippen LogP contribution in [0.3, 0.4) is 0 Å². The molecule has 2 rings (SSSR count). The lowest BCUT2D eigenvalue weighted by Gasteiger charge is -2.06. The minimum Gasteiger partial charge on any atom is -0.374 e. The predicted molar refractivity (Wildman–Crippen MR) is 76.2 cm³/mol. The lowest BCUT2D eigenvalue weighted by molar-refractivity contribution is 0.733. The average molecular weight is 329 g/mol. The smallest absolute Gasteiger partial charge is 0.250 e. The Morgan fingerprint density at radius 2 is 2.33 bits per heavy atom. The van der Waals surface area contributed by atoms with Gasteiger partial charge < -0.3 is 9.88 Å². The fraction of sp³-hybridized carbons (Fsp3) is 0.364. The van der Waals surface area contributed by atoms with Gasteiger partial charge in [0.1, 0.15) is 10.7 Å². The molecule has 2 aromatic heterocycles. The van der Waals surface area contributed by atoms with E-state index in [2.05, 4.69) is 37.8 Å². The van der Waals surface area contributed by atoms with Crippen LogP contribution in [-0.4, -0.2) is 20.7 Å². The Morgan fingerprint density at radius 1 is 1.50 bits per heavy atom. The monoisotopic (exact) mass is 328 g/mol. The molecule has 0 aliphatic heterocycles. The van der Waals surface area contributed by atoms with Crippen LogP contribution in [0.25, 0.3) is 0 Å². The van der Waals surface area contributed by atoms with Crippen molar-refractivity contribution in [1.29, 1.82) is 0 Å². The van der Waals surface area contributed by atoms with E-state index in [1.807, 2.05) is 0 Å². The standard InChI is InChI=1S/C11H13BrN4OS/c1-2-5-13-11-9(14-15-18-11)7-16-6-8(12)3-4-10(16)17/h3-4,6,13H,2,5,7H2,1H3. The van der Waals surface area contributed by atoms with Crippen LogP contribution < -0.4 is 10.9 Å². The van der Waals surface area contributed by atoms with E-state index in [-0.39, 0.29) is 5.56 Å². The number of nitrogens with one attached hydrogen (secondary N) is 1. The summed E-state index contributed by atoms with van der Waals surface area (Å²) >= 11 is 4.67. The molecule has 0 bridgehead atoms. The molecular formula is C11H13BrN4OS. The number of rotatable bonds is 5. The van der Waals surface area contributed by atoms with Crippen LogP contribution in [0.4, 0.5) is 5.00 Å². The summed E-state index contributed by atoms with van der Waals surface area (Å²) in [5.74, 6) is 0. The van der Waals surface area contributed by atoms with E-state index in [0.717, 1.165) is 28.1 Å². The number of nitrogens with zero attached hydrogens (tertiary/aromatic N) is 3. The molecular weight excluding hydrogens is 316 g/mol. The molecule has 0 fully saturated rings. The van der Waals surface area contributed by atoms with Gasteiger partial charge in [-0.2, -0.15) is 0 Å². The van der Waals surface area contributed by atoms with Crippen molar-refractivity contribution in [3.63, 3.8) is 0 Å². The molecule has 0 aliphatic carbocycles. The topological polar surface area (TPSA) is 59.8 Å². The lowest BCUT2D eigenvalue weighted by Crippen LogP contribution is -2.19. The maximum atomic E-state index is 11.7. The molecule has 0 saturated carbocycles. The van der Waals surface area contributed by atoms with Crippen molar-refractivity contribution in [2.75, 3.05) is 11.9 Å². The number of halogens is 1. The van der Waals surface area contributed by atoms with Crippen molar-refractivity contribution in [3.8, 4) is 0 Å². The average Bonchev–Trinajstić information content (AvgIpc) is 2.79. The van der Waals surface area contributed by atoms with E-state index in [1.54, 1.807) is 16.8 Å². The molecule has 0 amide bonds. The lowest BCUT2D eigenvalue weighted by atomic mass is 10.4. The molecule has 0 radical (unpaired) electrons. The molecule has 0 saturated heterocycles. The Kier molecular flexibility index (Phi) is 4.48. The molecule has 0 aliphatic rings. The van der Waals surface area contributed by atoms with E-state index >= 15 is 0 Å². The summed E-state index contributed by atoms with van der Waals surface area (Å²) in [6.07, 6.45) is 2.79. The zero-order valence-corrected chi connectivity index (χ0v) is 12.3. The third kappa shape index (κ3) is 3.17. The predicted octanol–water partition coefficient (Wildman–Crippen LogP) is 2.33. The van der Waals surface area contributed by atoms with Crippen molar-refractivity contribution >= 4 is 32.5 Å². The molecule has 96 valence electrons. The Morgan fingerprint density at radius 3 is 3.11 bits per heavy atom. The van der Waals surface area contributed by atoms with E-state index in [0.29, 0.717) is 6.54 Å². The third-order valence-electron chi connectivity index (χ3n) is 2.36. The molecule has 0 aromatic carbocycles. The van der Waals surface area contributed by atoms with Gasteiger partial charge >= 0.3 is 0 Å². The summed E-state index contributed by atoms with van der Waals surface area (Å²) in [7, 11) is 0. The molecule has 18 heavy (non-hydrogen) atoms.